The number of thioether (sulfide) groups is 1. The van der Waals surface area contributed by atoms with Gasteiger partial charge in [-0.05, 0) is 55.8 Å². The van der Waals surface area contributed by atoms with Crippen molar-refractivity contribution in [1.82, 2.24) is 15.5 Å². The first-order valence-electron chi connectivity index (χ1n) is 12.3. The number of rotatable bonds is 7. The molecule has 1 aliphatic rings. The van der Waals surface area contributed by atoms with Crippen LogP contribution in [0.4, 0.5) is 9.59 Å². The van der Waals surface area contributed by atoms with Crippen molar-refractivity contribution in [3.05, 3.63) is 34.3 Å². The van der Waals surface area contributed by atoms with Crippen molar-refractivity contribution < 1.29 is 33.4 Å². The van der Waals surface area contributed by atoms with E-state index in [-0.39, 0.29) is 37.4 Å². The van der Waals surface area contributed by atoms with Crippen molar-refractivity contribution in [3.8, 4) is 0 Å². The summed E-state index contributed by atoms with van der Waals surface area (Å²) >= 11 is 7.09. The van der Waals surface area contributed by atoms with Crippen LogP contribution in [0.5, 0.6) is 0 Å². The number of carbonyl (C=O) groups is 4. The number of morpholine rings is 1. The predicted octanol–water partition coefficient (Wildman–Crippen LogP) is 4.47. The van der Waals surface area contributed by atoms with E-state index in [0.29, 0.717) is 11.6 Å². The second-order valence-corrected chi connectivity index (χ2v) is 12.5. The van der Waals surface area contributed by atoms with Gasteiger partial charge in [-0.3, -0.25) is 14.4 Å². The number of amides is 3. The van der Waals surface area contributed by atoms with Gasteiger partial charge in [0.1, 0.15) is 11.0 Å². The summed E-state index contributed by atoms with van der Waals surface area (Å²) in [4.78, 5) is 51.4. The Bertz CT molecular complexity index is 1020. The number of carbonyl (C=O) groups excluding carboxylic acids is 4. The molecule has 1 aromatic rings. The Morgan fingerprint density at radius 3 is 2.37 bits per heavy atom. The van der Waals surface area contributed by atoms with Gasteiger partial charge in [0.15, 0.2) is 6.10 Å². The zero-order valence-corrected chi connectivity index (χ0v) is 24.6. The molecule has 3 amide bonds. The number of hydrogen-bond donors (Lipinski definition) is 2. The Hall–Kier alpha value is -2.50. The van der Waals surface area contributed by atoms with E-state index in [4.69, 9.17) is 25.8 Å². The van der Waals surface area contributed by atoms with Crippen LogP contribution in [-0.2, 0) is 36.9 Å². The summed E-state index contributed by atoms with van der Waals surface area (Å²) in [7, 11) is 0. The molecule has 0 unspecified atom stereocenters. The summed E-state index contributed by atoms with van der Waals surface area (Å²) in [5, 5.41) is 5.06. The molecule has 212 valence electrons. The highest BCUT2D eigenvalue weighted by molar-refractivity contribution is 8.14. The Morgan fingerprint density at radius 1 is 1.11 bits per heavy atom. The highest BCUT2D eigenvalue weighted by atomic mass is 35.5. The maximum Gasteiger partial charge on any atom is 0.407 e. The summed E-state index contributed by atoms with van der Waals surface area (Å²) in [6, 6.07) is 5.18. The normalized spacial score (nSPS) is 16.8. The summed E-state index contributed by atoms with van der Waals surface area (Å²) in [6.45, 7) is 13.1. The third-order valence-corrected chi connectivity index (χ3v) is 6.58. The highest BCUT2D eigenvalue weighted by Gasteiger charge is 2.41. The van der Waals surface area contributed by atoms with E-state index < -0.39 is 34.6 Å². The molecule has 1 aliphatic heterocycles. The van der Waals surface area contributed by atoms with Crippen molar-refractivity contribution in [2.45, 2.75) is 78.6 Å². The second-order valence-electron chi connectivity index (χ2n) is 10.9. The van der Waals surface area contributed by atoms with Gasteiger partial charge in [-0.2, -0.15) is 0 Å². The molecule has 0 aromatic heterocycles. The number of nitrogens with zero attached hydrogens (tertiary/aromatic N) is 1. The van der Waals surface area contributed by atoms with Crippen LogP contribution in [-0.4, -0.2) is 64.9 Å². The van der Waals surface area contributed by atoms with Gasteiger partial charge >= 0.3 is 12.1 Å². The van der Waals surface area contributed by atoms with Gasteiger partial charge in [-0.1, -0.05) is 38.4 Å². The first-order chi connectivity index (χ1) is 17.6. The Labute approximate surface area is 233 Å². The van der Waals surface area contributed by atoms with E-state index in [1.807, 2.05) is 20.8 Å². The summed E-state index contributed by atoms with van der Waals surface area (Å²) in [5.41, 5.74) is 0.228. The fourth-order valence-electron chi connectivity index (χ4n) is 3.59. The van der Waals surface area contributed by atoms with Gasteiger partial charge in [-0.25, -0.2) is 4.79 Å². The molecular formula is C26H38ClN3O7S. The lowest BCUT2D eigenvalue weighted by atomic mass is 9.88. The van der Waals surface area contributed by atoms with Crippen LogP contribution in [0.3, 0.4) is 0 Å². The lowest BCUT2D eigenvalue weighted by molar-refractivity contribution is -0.168. The monoisotopic (exact) mass is 571 g/mol. The smallest absolute Gasteiger partial charge is 0.407 e. The SMILES string of the molecule is CC(=O)O[C@@H](C(=O)N1CCOC[C@H]1SC(=O)NCc1cc(Cl)ccc1CNC(=O)OC(C)(C)C)C(C)(C)C. The predicted molar refractivity (Wildman–Crippen MR) is 146 cm³/mol. The van der Waals surface area contributed by atoms with Gasteiger partial charge in [-0.15, -0.1) is 0 Å². The third kappa shape index (κ3) is 10.3. The fraction of sp³-hybridized carbons (Fsp3) is 0.615. The number of nitrogens with one attached hydrogen (secondary N) is 2. The average molecular weight is 572 g/mol. The number of alkyl carbamates (subject to hydrolysis) is 1. The summed E-state index contributed by atoms with van der Waals surface area (Å²) in [5.74, 6) is -0.918. The van der Waals surface area contributed by atoms with E-state index in [1.54, 1.807) is 39.0 Å². The summed E-state index contributed by atoms with van der Waals surface area (Å²) in [6.07, 6.45) is -1.54. The van der Waals surface area contributed by atoms with Crippen molar-refractivity contribution in [3.63, 3.8) is 0 Å². The molecular weight excluding hydrogens is 534 g/mol. The first-order valence-corrected chi connectivity index (χ1v) is 13.6. The first kappa shape index (κ1) is 31.7. The van der Waals surface area contributed by atoms with Crippen LogP contribution in [0.15, 0.2) is 18.2 Å². The van der Waals surface area contributed by atoms with E-state index >= 15 is 0 Å². The average Bonchev–Trinajstić information content (AvgIpc) is 2.78. The molecule has 1 aromatic carbocycles. The van der Waals surface area contributed by atoms with E-state index in [2.05, 4.69) is 10.6 Å². The lowest BCUT2D eigenvalue weighted by Gasteiger charge is -2.39. The Balaban J connectivity index is 2.05. The molecule has 2 atom stereocenters. The molecule has 1 fully saturated rings. The Kier molecular flexibility index (Phi) is 11.3. The van der Waals surface area contributed by atoms with Crippen molar-refractivity contribution in [2.24, 2.45) is 5.41 Å². The van der Waals surface area contributed by atoms with E-state index in [0.717, 1.165) is 22.9 Å². The minimum atomic E-state index is -0.990. The zero-order valence-electron chi connectivity index (χ0n) is 23.0. The van der Waals surface area contributed by atoms with Crippen molar-refractivity contribution in [1.29, 1.82) is 0 Å². The fourth-order valence-corrected chi connectivity index (χ4v) is 4.69. The molecule has 0 aliphatic carbocycles. The van der Waals surface area contributed by atoms with Crippen LogP contribution in [0.1, 0.15) is 59.6 Å². The maximum absolute atomic E-state index is 13.3. The molecule has 0 spiro atoms. The van der Waals surface area contributed by atoms with Crippen LogP contribution in [0, 0.1) is 5.41 Å². The molecule has 2 rings (SSSR count). The highest BCUT2D eigenvalue weighted by Crippen LogP contribution is 2.29. The van der Waals surface area contributed by atoms with Crippen LogP contribution >= 0.6 is 23.4 Å². The van der Waals surface area contributed by atoms with Crippen molar-refractivity contribution in [2.75, 3.05) is 19.8 Å². The van der Waals surface area contributed by atoms with Gasteiger partial charge in [0, 0.05) is 37.0 Å². The Morgan fingerprint density at radius 2 is 1.76 bits per heavy atom. The van der Waals surface area contributed by atoms with E-state index in [1.165, 1.54) is 11.8 Å². The second kappa shape index (κ2) is 13.5. The van der Waals surface area contributed by atoms with Crippen LogP contribution < -0.4 is 10.6 Å². The van der Waals surface area contributed by atoms with E-state index in [9.17, 15) is 19.2 Å². The molecule has 38 heavy (non-hydrogen) atoms. The molecule has 0 saturated carbocycles. The van der Waals surface area contributed by atoms with Gasteiger partial charge in [0.05, 0.1) is 13.2 Å². The molecule has 0 radical (unpaired) electrons. The number of halogens is 1. The summed E-state index contributed by atoms with van der Waals surface area (Å²) < 4.78 is 16.1. The molecule has 1 heterocycles. The lowest BCUT2D eigenvalue weighted by Crippen LogP contribution is -2.55. The van der Waals surface area contributed by atoms with Gasteiger partial charge < -0.3 is 29.7 Å². The minimum absolute atomic E-state index is 0.150. The standard InChI is InChI=1S/C26H38ClN3O7S/c1-16(31)36-21(25(2,3)4)22(32)30-10-11-35-15-20(30)38-24(34)29-14-18-12-19(27)9-8-17(18)13-28-23(33)37-26(5,6)7/h8-9,12,20-21H,10-11,13-15H2,1-7H3,(H,28,33)(H,29,34)/t20-,21+/m1/s1. The number of esters is 1. The largest absolute Gasteiger partial charge is 0.452 e. The number of ether oxygens (including phenoxy) is 3. The van der Waals surface area contributed by atoms with Crippen LogP contribution in [0.2, 0.25) is 5.02 Å². The van der Waals surface area contributed by atoms with Crippen LogP contribution in [0.25, 0.3) is 0 Å². The molecule has 0 bridgehead atoms. The minimum Gasteiger partial charge on any atom is -0.452 e. The van der Waals surface area contributed by atoms with Gasteiger partial charge in [0.2, 0.25) is 0 Å². The number of hydrogen-bond acceptors (Lipinski definition) is 8. The molecule has 10 nitrogen and oxygen atoms in total. The topological polar surface area (TPSA) is 123 Å². The molecule has 2 N–H and O–H groups in total. The quantitative estimate of drug-likeness (QED) is 0.460. The molecule has 12 heteroatoms. The number of benzene rings is 1. The third-order valence-electron chi connectivity index (χ3n) is 5.32. The zero-order chi connectivity index (χ0) is 28.7. The van der Waals surface area contributed by atoms with Gasteiger partial charge in [0.25, 0.3) is 11.1 Å². The van der Waals surface area contributed by atoms with Crippen molar-refractivity contribution >= 4 is 46.6 Å². The maximum atomic E-state index is 13.3. The molecule has 1 saturated heterocycles.